The fraction of sp³-hybridized carbons (Fsp3) is 0.300. The van der Waals surface area contributed by atoms with E-state index in [2.05, 4.69) is 15.9 Å². The molecule has 0 aliphatic heterocycles. The molecule has 0 fully saturated rings. The maximum Gasteiger partial charge on any atom is 0.446 e. The van der Waals surface area contributed by atoms with Gasteiger partial charge in [0.2, 0.25) is 0 Å². The monoisotopic (exact) mass is 438 g/mol. The number of Topliss-reactive ketones (excluding diaryl/α,β-unsaturated/α-hetero) is 1. The first kappa shape index (κ1) is 15.3. The van der Waals surface area contributed by atoms with Gasteiger partial charge in [-0.3, -0.25) is 4.79 Å². The van der Waals surface area contributed by atoms with Crippen molar-refractivity contribution in [2.75, 3.05) is 5.33 Å². The van der Waals surface area contributed by atoms with Gasteiger partial charge in [0.1, 0.15) is 0 Å². The molecule has 0 saturated heterocycles. The Labute approximate surface area is 123 Å². The maximum absolute atomic E-state index is 12.2. The number of thioether (sulfide) groups is 1. The summed E-state index contributed by atoms with van der Waals surface area (Å²) in [5.74, 6) is -0.157. The summed E-state index contributed by atoms with van der Waals surface area (Å²) in [5, 5.41) is 0.499. The average Bonchev–Trinajstić information content (AvgIpc) is 2.19. The fourth-order valence-electron chi connectivity index (χ4n) is 1.14. The van der Waals surface area contributed by atoms with Gasteiger partial charge in [0, 0.05) is 25.8 Å². The molecule has 0 aliphatic carbocycles. The highest BCUT2D eigenvalue weighted by Gasteiger charge is 2.29. The number of carbonyl (C=O) groups excluding carboxylic acids is 1. The van der Waals surface area contributed by atoms with Crippen LogP contribution in [-0.4, -0.2) is 16.6 Å². The third-order valence-electron chi connectivity index (χ3n) is 1.79. The Bertz CT molecular complexity index is 423. The van der Waals surface area contributed by atoms with E-state index in [9.17, 15) is 18.0 Å². The molecule has 1 aromatic carbocycles. The van der Waals surface area contributed by atoms with Gasteiger partial charge in [-0.05, 0) is 52.6 Å². The van der Waals surface area contributed by atoms with Crippen molar-refractivity contribution in [1.29, 1.82) is 0 Å². The molecule has 7 heteroatoms. The molecule has 1 nitrogen and oxygen atoms in total. The van der Waals surface area contributed by atoms with Crippen LogP contribution in [0, 0.1) is 3.57 Å². The third kappa shape index (κ3) is 5.17. The van der Waals surface area contributed by atoms with Crippen molar-refractivity contribution in [2.45, 2.75) is 16.8 Å². The molecule has 17 heavy (non-hydrogen) atoms. The molecule has 1 rings (SSSR count). The topological polar surface area (TPSA) is 17.1 Å². The van der Waals surface area contributed by atoms with Crippen molar-refractivity contribution in [3.8, 4) is 0 Å². The summed E-state index contributed by atoms with van der Waals surface area (Å²) in [4.78, 5) is 11.7. The van der Waals surface area contributed by atoms with Gasteiger partial charge in [0.25, 0.3) is 0 Å². The molecular weight excluding hydrogens is 432 g/mol. The van der Waals surface area contributed by atoms with Crippen molar-refractivity contribution in [3.63, 3.8) is 0 Å². The lowest BCUT2D eigenvalue weighted by molar-refractivity contribution is -0.0328. The molecule has 0 amide bonds. The van der Waals surface area contributed by atoms with E-state index in [1.54, 1.807) is 0 Å². The number of hydrogen-bond donors (Lipinski definition) is 0. The van der Waals surface area contributed by atoms with E-state index >= 15 is 0 Å². The number of alkyl halides is 4. The second-order valence-corrected chi connectivity index (χ2v) is 6.15. The highest BCUT2D eigenvalue weighted by molar-refractivity contribution is 14.1. The zero-order chi connectivity index (χ0) is 13.1. The van der Waals surface area contributed by atoms with Crippen LogP contribution >= 0.6 is 50.3 Å². The summed E-state index contributed by atoms with van der Waals surface area (Å²) in [6.07, 6.45) is 0.274. The van der Waals surface area contributed by atoms with E-state index in [-0.39, 0.29) is 28.9 Å². The van der Waals surface area contributed by atoms with Crippen LogP contribution in [0.15, 0.2) is 23.1 Å². The summed E-state index contributed by atoms with van der Waals surface area (Å²) in [6, 6.07) is 4.19. The van der Waals surface area contributed by atoms with Crippen LogP contribution in [0.2, 0.25) is 0 Å². The molecule has 94 valence electrons. The lowest BCUT2D eigenvalue weighted by Crippen LogP contribution is -2.04. The number of benzene rings is 1. The first-order chi connectivity index (χ1) is 7.83. The van der Waals surface area contributed by atoms with Gasteiger partial charge in [-0.25, -0.2) is 0 Å². The van der Waals surface area contributed by atoms with Crippen LogP contribution in [-0.2, 0) is 0 Å². The summed E-state index contributed by atoms with van der Waals surface area (Å²) < 4.78 is 37.2. The number of hydrogen-bond acceptors (Lipinski definition) is 2. The molecule has 0 N–H and O–H groups in total. The minimum atomic E-state index is -4.33. The first-order valence-corrected chi connectivity index (χ1v) is 7.49. The van der Waals surface area contributed by atoms with E-state index in [4.69, 9.17) is 0 Å². The predicted octanol–water partition coefficient (Wildman–Crippen LogP) is 4.87. The number of rotatable bonds is 4. The van der Waals surface area contributed by atoms with Crippen LogP contribution in [0.5, 0.6) is 0 Å². The average molecular weight is 439 g/mol. The lowest BCUT2D eigenvalue weighted by Gasteiger charge is -2.08. The quantitative estimate of drug-likeness (QED) is 0.288. The Morgan fingerprint density at radius 1 is 1.41 bits per heavy atom. The summed E-state index contributed by atoms with van der Waals surface area (Å²) >= 11 is 4.87. The largest absolute Gasteiger partial charge is 0.446 e. The summed E-state index contributed by atoms with van der Waals surface area (Å²) in [5.41, 5.74) is -3.98. The third-order valence-corrected chi connectivity index (χ3v) is 3.85. The highest BCUT2D eigenvalue weighted by atomic mass is 127. The van der Waals surface area contributed by atoms with Gasteiger partial charge >= 0.3 is 5.51 Å². The number of carbonyl (C=O) groups is 1. The Morgan fingerprint density at radius 2 is 2.06 bits per heavy atom. The van der Waals surface area contributed by atoms with Crippen molar-refractivity contribution in [2.24, 2.45) is 0 Å². The molecule has 0 radical (unpaired) electrons. The maximum atomic E-state index is 12.2. The molecule has 0 aliphatic rings. The predicted molar refractivity (Wildman–Crippen MR) is 73.8 cm³/mol. The Hall–Kier alpha value is 0.240. The first-order valence-electron chi connectivity index (χ1n) is 4.48. The molecule has 0 bridgehead atoms. The molecule has 1 aromatic rings. The van der Waals surface area contributed by atoms with Crippen LogP contribution in [0.25, 0.3) is 0 Å². The molecular formula is C10H7BrF3IOS. The van der Waals surface area contributed by atoms with E-state index in [0.29, 0.717) is 14.5 Å². The van der Waals surface area contributed by atoms with Gasteiger partial charge < -0.3 is 0 Å². The Balaban J connectivity index is 2.98. The smallest absolute Gasteiger partial charge is 0.294 e. The van der Waals surface area contributed by atoms with Gasteiger partial charge in [-0.2, -0.15) is 13.2 Å². The summed E-state index contributed by atoms with van der Waals surface area (Å²) in [7, 11) is 0. The number of ketones is 1. The van der Waals surface area contributed by atoms with E-state index < -0.39 is 5.51 Å². The molecule has 0 spiro atoms. The van der Waals surface area contributed by atoms with Gasteiger partial charge in [0.05, 0.1) is 0 Å². The zero-order valence-electron chi connectivity index (χ0n) is 8.35. The minimum Gasteiger partial charge on any atom is -0.294 e. The van der Waals surface area contributed by atoms with Crippen LogP contribution in [0.3, 0.4) is 0 Å². The van der Waals surface area contributed by atoms with Crippen LogP contribution in [0.4, 0.5) is 13.2 Å². The Kier molecular flexibility index (Phi) is 5.78. The molecule has 0 aromatic heterocycles. The molecule has 0 atom stereocenters. The van der Waals surface area contributed by atoms with Crippen molar-refractivity contribution >= 4 is 56.1 Å². The molecule has 0 saturated carbocycles. The van der Waals surface area contributed by atoms with E-state index in [0.717, 1.165) is 0 Å². The van der Waals surface area contributed by atoms with Crippen molar-refractivity contribution < 1.29 is 18.0 Å². The highest BCUT2D eigenvalue weighted by Crippen LogP contribution is 2.37. The second kappa shape index (κ2) is 6.42. The van der Waals surface area contributed by atoms with Crippen molar-refractivity contribution in [1.82, 2.24) is 0 Å². The lowest BCUT2D eigenvalue weighted by atomic mass is 10.1. The zero-order valence-corrected chi connectivity index (χ0v) is 12.9. The van der Waals surface area contributed by atoms with Crippen molar-refractivity contribution in [3.05, 3.63) is 27.3 Å². The normalized spacial score (nSPS) is 11.6. The fourth-order valence-corrected chi connectivity index (χ4v) is 2.71. The second-order valence-electron chi connectivity index (χ2n) is 3.05. The van der Waals surface area contributed by atoms with Gasteiger partial charge in [0.15, 0.2) is 5.78 Å². The number of halogens is 5. The van der Waals surface area contributed by atoms with E-state index in [1.807, 2.05) is 22.6 Å². The molecule has 0 unspecified atom stereocenters. The van der Waals surface area contributed by atoms with Gasteiger partial charge in [-0.1, -0.05) is 15.9 Å². The van der Waals surface area contributed by atoms with Gasteiger partial charge in [-0.15, -0.1) is 0 Å². The molecule has 0 heterocycles. The minimum absolute atomic E-state index is 0.0378. The van der Waals surface area contributed by atoms with Crippen LogP contribution < -0.4 is 0 Å². The Morgan fingerprint density at radius 3 is 2.59 bits per heavy atom. The SMILES string of the molecule is O=C(CCBr)c1cc(SC(F)(F)F)ccc1I. The van der Waals surface area contributed by atoms with E-state index in [1.165, 1.54) is 18.2 Å². The summed E-state index contributed by atoms with van der Waals surface area (Å²) in [6.45, 7) is 0. The standard InChI is InChI=1S/C10H7BrF3IOS/c11-4-3-9(16)7-5-6(1-2-8(7)15)17-10(12,13)14/h1-2,5H,3-4H2. The van der Waals surface area contributed by atoms with Crippen LogP contribution in [0.1, 0.15) is 16.8 Å².